The Balaban J connectivity index is 2.30. The van der Waals surface area contributed by atoms with Crippen molar-refractivity contribution in [2.45, 2.75) is 19.4 Å². The van der Waals surface area contributed by atoms with Crippen LogP contribution in [-0.2, 0) is 0 Å². The Morgan fingerprint density at radius 2 is 2.10 bits per heavy atom. The van der Waals surface area contributed by atoms with E-state index in [1.165, 1.54) is 12.0 Å². The first-order valence-electron chi connectivity index (χ1n) is 7.34. The predicted molar refractivity (Wildman–Crippen MR) is 81.6 cm³/mol. The number of hydrogen-bond acceptors (Lipinski definition) is 4. The fourth-order valence-corrected chi connectivity index (χ4v) is 3.13. The van der Waals surface area contributed by atoms with Gasteiger partial charge in [-0.2, -0.15) is 0 Å². The largest absolute Gasteiger partial charge is 0.497 e. The number of rotatable bonds is 6. The van der Waals surface area contributed by atoms with Crippen LogP contribution in [0.15, 0.2) is 18.2 Å². The molecule has 0 spiro atoms. The highest BCUT2D eigenvalue weighted by Gasteiger charge is 2.34. The summed E-state index contributed by atoms with van der Waals surface area (Å²) in [5, 5.41) is 3.48. The fraction of sp³-hybridized carbons (Fsp3) is 0.625. The second-order valence-corrected chi connectivity index (χ2v) is 5.39. The van der Waals surface area contributed by atoms with Crippen LogP contribution in [0.1, 0.15) is 24.9 Å². The maximum Gasteiger partial charge on any atom is 0.123 e. The highest BCUT2D eigenvalue weighted by Crippen LogP contribution is 2.41. The molecular weight excluding hydrogens is 252 g/mol. The molecule has 1 aliphatic rings. The minimum atomic E-state index is 0.388. The van der Waals surface area contributed by atoms with Crippen LogP contribution in [0, 0.1) is 5.92 Å². The first-order valence-corrected chi connectivity index (χ1v) is 7.34. The Labute approximate surface area is 122 Å². The topological polar surface area (TPSA) is 33.7 Å². The molecule has 1 aromatic rings. The van der Waals surface area contributed by atoms with E-state index >= 15 is 0 Å². The van der Waals surface area contributed by atoms with E-state index in [4.69, 9.17) is 9.47 Å². The van der Waals surface area contributed by atoms with Gasteiger partial charge in [0, 0.05) is 11.6 Å². The van der Waals surface area contributed by atoms with Gasteiger partial charge in [0.05, 0.1) is 14.2 Å². The predicted octanol–water partition coefficient (Wildman–Crippen LogP) is 2.31. The number of nitrogens with one attached hydrogen (secondary N) is 1. The number of benzene rings is 1. The molecule has 4 heteroatoms. The lowest BCUT2D eigenvalue weighted by molar-refractivity contribution is 0.263. The van der Waals surface area contributed by atoms with Crippen molar-refractivity contribution in [1.29, 1.82) is 0 Å². The summed E-state index contributed by atoms with van der Waals surface area (Å²) >= 11 is 0. The van der Waals surface area contributed by atoms with Gasteiger partial charge in [0.15, 0.2) is 0 Å². The maximum atomic E-state index is 5.56. The number of nitrogens with zero attached hydrogens (tertiary/aromatic N) is 1. The highest BCUT2D eigenvalue weighted by atomic mass is 16.5. The molecule has 1 N–H and O–H groups in total. The summed E-state index contributed by atoms with van der Waals surface area (Å²) in [6.45, 7) is 5.34. The van der Waals surface area contributed by atoms with Gasteiger partial charge in [-0.1, -0.05) is 6.92 Å². The molecule has 112 valence electrons. The molecule has 1 fully saturated rings. The Morgan fingerprint density at radius 3 is 2.75 bits per heavy atom. The molecule has 4 nitrogen and oxygen atoms in total. The molecule has 1 saturated heterocycles. The standard InChI is InChI=1S/C16H26N2O2/c1-5-17-11-12-8-9-18(2)16(12)14-10-13(19-3)6-7-15(14)20-4/h6-7,10,12,16-17H,5,8-9,11H2,1-4H3. The van der Waals surface area contributed by atoms with Gasteiger partial charge in [0.2, 0.25) is 0 Å². The van der Waals surface area contributed by atoms with Gasteiger partial charge in [-0.15, -0.1) is 0 Å². The van der Waals surface area contributed by atoms with Crippen LogP contribution in [-0.4, -0.2) is 45.8 Å². The second kappa shape index (κ2) is 6.95. The van der Waals surface area contributed by atoms with E-state index in [0.29, 0.717) is 12.0 Å². The molecular formula is C16H26N2O2. The van der Waals surface area contributed by atoms with E-state index in [1.807, 2.05) is 12.1 Å². The summed E-state index contributed by atoms with van der Waals surface area (Å²) < 4.78 is 10.9. The third kappa shape index (κ3) is 3.07. The quantitative estimate of drug-likeness (QED) is 0.866. The van der Waals surface area contributed by atoms with E-state index in [9.17, 15) is 0 Å². The molecule has 0 radical (unpaired) electrons. The lowest BCUT2D eigenvalue weighted by atomic mass is 9.92. The number of ether oxygens (including phenoxy) is 2. The van der Waals surface area contributed by atoms with E-state index in [1.54, 1.807) is 14.2 Å². The Bertz CT molecular complexity index is 436. The van der Waals surface area contributed by atoms with Crippen molar-refractivity contribution in [2.75, 3.05) is 40.9 Å². The van der Waals surface area contributed by atoms with Crippen LogP contribution in [0.25, 0.3) is 0 Å². The summed E-state index contributed by atoms with van der Waals surface area (Å²) in [7, 11) is 5.63. The molecule has 2 rings (SSSR count). The zero-order valence-electron chi connectivity index (χ0n) is 13.0. The third-order valence-electron chi connectivity index (χ3n) is 4.19. The third-order valence-corrected chi connectivity index (χ3v) is 4.19. The minimum absolute atomic E-state index is 0.388. The van der Waals surface area contributed by atoms with Crippen LogP contribution >= 0.6 is 0 Å². The molecule has 1 heterocycles. The zero-order chi connectivity index (χ0) is 14.5. The van der Waals surface area contributed by atoms with Crippen molar-refractivity contribution in [3.8, 4) is 11.5 Å². The van der Waals surface area contributed by atoms with Crippen LogP contribution in [0.3, 0.4) is 0 Å². The minimum Gasteiger partial charge on any atom is -0.497 e. The molecule has 2 unspecified atom stereocenters. The van der Waals surface area contributed by atoms with Crippen LogP contribution < -0.4 is 14.8 Å². The smallest absolute Gasteiger partial charge is 0.123 e. The van der Waals surface area contributed by atoms with Crippen molar-refractivity contribution in [3.63, 3.8) is 0 Å². The number of likely N-dealkylation sites (tertiary alicyclic amines) is 1. The average molecular weight is 278 g/mol. The normalized spacial score (nSPS) is 23.0. The van der Waals surface area contributed by atoms with E-state index in [2.05, 4.69) is 30.3 Å². The van der Waals surface area contributed by atoms with E-state index in [0.717, 1.165) is 31.1 Å². The molecule has 0 aromatic heterocycles. The van der Waals surface area contributed by atoms with Gasteiger partial charge in [-0.25, -0.2) is 0 Å². The van der Waals surface area contributed by atoms with Crippen molar-refractivity contribution in [1.82, 2.24) is 10.2 Å². The molecule has 1 aliphatic heterocycles. The average Bonchev–Trinajstić information content (AvgIpc) is 2.85. The van der Waals surface area contributed by atoms with Gasteiger partial charge >= 0.3 is 0 Å². The fourth-order valence-electron chi connectivity index (χ4n) is 3.13. The highest BCUT2D eigenvalue weighted by molar-refractivity contribution is 5.43. The maximum absolute atomic E-state index is 5.56. The zero-order valence-corrected chi connectivity index (χ0v) is 13.0. The van der Waals surface area contributed by atoms with Crippen LogP contribution in [0.4, 0.5) is 0 Å². The van der Waals surface area contributed by atoms with Crippen molar-refractivity contribution >= 4 is 0 Å². The van der Waals surface area contributed by atoms with Gasteiger partial charge in [0.1, 0.15) is 11.5 Å². The second-order valence-electron chi connectivity index (χ2n) is 5.39. The van der Waals surface area contributed by atoms with Crippen LogP contribution in [0.5, 0.6) is 11.5 Å². The Hall–Kier alpha value is -1.26. The Morgan fingerprint density at radius 1 is 1.30 bits per heavy atom. The number of methoxy groups -OCH3 is 2. The summed E-state index contributed by atoms with van der Waals surface area (Å²) in [4.78, 5) is 2.42. The first-order chi connectivity index (χ1) is 9.71. The molecule has 1 aromatic carbocycles. The van der Waals surface area contributed by atoms with Crippen LogP contribution in [0.2, 0.25) is 0 Å². The number of hydrogen-bond donors (Lipinski definition) is 1. The van der Waals surface area contributed by atoms with Crippen molar-refractivity contribution in [3.05, 3.63) is 23.8 Å². The monoisotopic (exact) mass is 278 g/mol. The summed E-state index contributed by atoms with van der Waals surface area (Å²) in [5.41, 5.74) is 1.23. The molecule has 0 amide bonds. The molecule has 0 saturated carbocycles. The van der Waals surface area contributed by atoms with Crippen molar-refractivity contribution < 1.29 is 9.47 Å². The molecule has 2 atom stereocenters. The van der Waals surface area contributed by atoms with E-state index < -0.39 is 0 Å². The van der Waals surface area contributed by atoms with Crippen molar-refractivity contribution in [2.24, 2.45) is 5.92 Å². The summed E-state index contributed by atoms with van der Waals surface area (Å²) in [5.74, 6) is 2.45. The lowest BCUT2D eigenvalue weighted by Crippen LogP contribution is -2.28. The van der Waals surface area contributed by atoms with Gasteiger partial charge in [-0.05, 0) is 57.2 Å². The van der Waals surface area contributed by atoms with Gasteiger partial charge < -0.3 is 14.8 Å². The van der Waals surface area contributed by atoms with Gasteiger partial charge in [0.25, 0.3) is 0 Å². The lowest BCUT2D eigenvalue weighted by Gasteiger charge is -2.27. The Kier molecular flexibility index (Phi) is 5.26. The molecule has 0 aliphatic carbocycles. The molecule has 20 heavy (non-hydrogen) atoms. The summed E-state index contributed by atoms with van der Waals surface area (Å²) in [6, 6.07) is 6.46. The van der Waals surface area contributed by atoms with E-state index in [-0.39, 0.29) is 0 Å². The summed E-state index contributed by atoms with van der Waals surface area (Å²) in [6.07, 6.45) is 1.22. The first kappa shape index (κ1) is 15.1. The SMILES string of the molecule is CCNCC1CCN(C)C1c1cc(OC)ccc1OC. The molecule has 0 bridgehead atoms. The van der Waals surface area contributed by atoms with Gasteiger partial charge in [-0.3, -0.25) is 4.90 Å².